The number of hydrogen-bond acceptors (Lipinski definition) is 5. The second-order valence-electron chi connectivity index (χ2n) is 2.64. The van der Waals surface area contributed by atoms with Crippen molar-refractivity contribution < 1.29 is 24.2 Å². The first-order valence-electron chi connectivity index (χ1n) is 4.11. The minimum atomic E-state index is -0.586. The number of ketones is 1. The molecule has 80 valence electrons. The zero-order valence-corrected chi connectivity index (χ0v) is 8.28. The van der Waals surface area contributed by atoms with E-state index in [4.69, 9.17) is 5.11 Å². The van der Waals surface area contributed by atoms with E-state index in [0.29, 0.717) is 6.61 Å². The van der Waals surface area contributed by atoms with Crippen LogP contribution in [0.2, 0.25) is 0 Å². The maximum absolute atomic E-state index is 10.9. The number of carbonyl (C=O) groups excluding carboxylic acids is 2. The summed E-state index contributed by atoms with van der Waals surface area (Å²) in [6.07, 6.45) is 0.695. The summed E-state index contributed by atoms with van der Waals surface area (Å²) in [5, 5.41) is 9.05. The second-order valence-corrected chi connectivity index (χ2v) is 2.64. The molecule has 0 aliphatic rings. The fourth-order valence-corrected chi connectivity index (χ4v) is 0.723. The number of rotatable bonds is 6. The monoisotopic (exact) mass is 202 g/mol. The highest BCUT2D eigenvalue weighted by Gasteiger charge is 2.06. The van der Waals surface area contributed by atoms with Crippen LogP contribution in [0.5, 0.6) is 0 Å². The van der Waals surface area contributed by atoms with Crippen LogP contribution in [0.3, 0.4) is 0 Å². The van der Waals surface area contributed by atoms with Gasteiger partial charge in [0.2, 0.25) is 0 Å². The molecule has 0 aromatic heterocycles. The zero-order chi connectivity index (χ0) is 11.0. The first kappa shape index (κ1) is 12.6. The molecule has 14 heavy (non-hydrogen) atoms. The summed E-state index contributed by atoms with van der Waals surface area (Å²) < 4.78 is 9.31. The third-order valence-corrected chi connectivity index (χ3v) is 1.25. The maximum Gasteiger partial charge on any atom is 0.313 e. The molecular weight excluding hydrogens is 188 g/mol. The molecule has 0 unspecified atom stereocenters. The SMILES string of the molecule is COCCOC(=O)C/C(O)=C/C(C)=O. The molecule has 0 spiro atoms. The topological polar surface area (TPSA) is 72.8 Å². The molecule has 0 aliphatic heterocycles. The number of carbonyl (C=O) groups is 2. The van der Waals surface area contributed by atoms with Gasteiger partial charge in [-0.15, -0.1) is 0 Å². The van der Waals surface area contributed by atoms with Crippen molar-refractivity contribution in [1.82, 2.24) is 0 Å². The van der Waals surface area contributed by atoms with Crippen LogP contribution in [-0.4, -0.2) is 37.2 Å². The Bertz CT molecular complexity index is 231. The van der Waals surface area contributed by atoms with E-state index >= 15 is 0 Å². The quantitative estimate of drug-likeness (QED) is 0.295. The van der Waals surface area contributed by atoms with Gasteiger partial charge in [-0.05, 0) is 6.92 Å². The molecule has 0 atom stereocenters. The average Bonchev–Trinajstić information content (AvgIpc) is 2.02. The molecular formula is C9H14O5. The molecule has 0 rings (SSSR count). The van der Waals surface area contributed by atoms with Crippen molar-refractivity contribution >= 4 is 11.8 Å². The van der Waals surface area contributed by atoms with E-state index in [2.05, 4.69) is 9.47 Å². The first-order chi connectivity index (χ1) is 6.56. The Labute approximate surface area is 82.3 Å². The van der Waals surface area contributed by atoms with Crippen LogP contribution >= 0.6 is 0 Å². The van der Waals surface area contributed by atoms with Crippen molar-refractivity contribution in [2.45, 2.75) is 13.3 Å². The highest BCUT2D eigenvalue weighted by atomic mass is 16.6. The smallest absolute Gasteiger partial charge is 0.313 e. The van der Waals surface area contributed by atoms with Crippen LogP contribution in [0, 0.1) is 0 Å². The summed E-state index contributed by atoms with van der Waals surface area (Å²) in [5.41, 5.74) is 0. The Hall–Kier alpha value is -1.36. The van der Waals surface area contributed by atoms with Crippen LogP contribution < -0.4 is 0 Å². The molecule has 0 amide bonds. The fourth-order valence-electron chi connectivity index (χ4n) is 0.723. The third-order valence-electron chi connectivity index (χ3n) is 1.25. The third kappa shape index (κ3) is 7.30. The summed E-state index contributed by atoms with van der Waals surface area (Å²) in [7, 11) is 1.49. The summed E-state index contributed by atoms with van der Waals surface area (Å²) >= 11 is 0. The zero-order valence-electron chi connectivity index (χ0n) is 8.28. The minimum absolute atomic E-state index is 0.142. The first-order valence-corrected chi connectivity index (χ1v) is 4.11. The van der Waals surface area contributed by atoms with E-state index in [1.165, 1.54) is 14.0 Å². The number of aliphatic hydroxyl groups is 1. The Morgan fingerprint density at radius 1 is 1.36 bits per heavy atom. The van der Waals surface area contributed by atoms with Crippen molar-refractivity contribution in [2.24, 2.45) is 0 Å². The van der Waals surface area contributed by atoms with Crippen molar-refractivity contribution in [3.63, 3.8) is 0 Å². The molecule has 0 aromatic carbocycles. The molecule has 5 nitrogen and oxygen atoms in total. The van der Waals surface area contributed by atoms with Gasteiger partial charge < -0.3 is 14.6 Å². The van der Waals surface area contributed by atoms with Gasteiger partial charge in [0.25, 0.3) is 0 Å². The van der Waals surface area contributed by atoms with Crippen LogP contribution in [0.1, 0.15) is 13.3 Å². The Kier molecular flexibility index (Phi) is 6.39. The lowest BCUT2D eigenvalue weighted by molar-refractivity contribution is -0.144. The van der Waals surface area contributed by atoms with Gasteiger partial charge in [-0.1, -0.05) is 0 Å². The summed E-state index contributed by atoms with van der Waals surface area (Å²) in [6, 6.07) is 0. The second kappa shape index (κ2) is 7.08. The van der Waals surface area contributed by atoms with Crippen LogP contribution in [0.15, 0.2) is 11.8 Å². The molecule has 5 heteroatoms. The van der Waals surface area contributed by atoms with Crippen LogP contribution in [-0.2, 0) is 19.1 Å². The van der Waals surface area contributed by atoms with Gasteiger partial charge in [-0.3, -0.25) is 9.59 Å². The molecule has 1 N–H and O–H groups in total. The Morgan fingerprint density at radius 2 is 2.00 bits per heavy atom. The Balaban J connectivity index is 3.77. The molecule has 0 bridgehead atoms. The number of esters is 1. The minimum Gasteiger partial charge on any atom is -0.512 e. The molecule has 0 heterocycles. The van der Waals surface area contributed by atoms with Gasteiger partial charge in [-0.25, -0.2) is 0 Å². The van der Waals surface area contributed by atoms with Crippen molar-refractivity contribution in [3.8, 4) is 0 Å². The average molecular weight is 202 g/mol. The highest BCUT2D eigenvalue weighted by molar-refractivity contribution is 5.88. The fraction of sp³-hybridized carbons (Fsp3) is 0.556. The number of aliphatic hydroxyl groups excluding tert-OH is 1. The normalized spacial score (nSPS) is 11.1. The molecule has 0 saturated heterocycles. The predicted molar refractivity (Wildman–Crippen MR) is 48.8 cm³/mol. The molecule has 0 saturated carbocycles. The van der Waals surface area contributed by atoms with Crippen LogP contribution in [0.25, 0.3) is 0 Å². The van der Waals surface area contributed by atoms with Gasteiger partial charge in [0.1, 0.15) is 18.8 Å². The van der Waals surface area contributed by atoms with E-state index in [1.54, 1.807) is 0 Å². The number of hydrogen-bond donors (Lipinski definition) is 1. The van der Waals surface area contributed by atoms with E-state index in [9.17, 15) is 9.59 Å². The van der Waals surface area contributed by atoms with Crippen molar-refractivity contribution in [3.05, 3.63) is 11.8 Å². The summed E-state index contributed by atoms with van der Waals surface area (Å²) in [4.78, 5) is 21.4. The number of methoxy groups -OCH3 is 1. The molecule has 0 fully saturated rings. The molecule has 0 radical (unpaired) electrons. The number of allylic oxidation sites excluding steroid dienone is 1. The van der Waals surface area contributed by atoms with Gasteiger partial charge in [0.05, 0.1) is 6.61 Å². The van der Waals surface area contributed by atoms with Gasteiger partial charge >= 0.3 is 5.97 Å². The standard InChI is InChI=1S/C9H14O5/c1-7(10)5-8(11)6-9(12)14-4-3-13-2/h5,11H,3-4,6H2,1-2H3/b8-5-. The van der Waals surface area contributed by atoms with E-state index in [1.807, 2.05) is 0 Å². The van der Waals surface area contributed by atoms with Gasteiger partial charge in [0, 0.05) is 13.2 Å². The lowest BCUT2D eigenvalue weighted by Crippen LogP contribution is -2.10. The number of ether oxygens (including phenoxy) is 2. The lowest BCUT2D eigenvalue weighted by Gasteiger charge is -2.02. The molecule has 0 aromatic rings. The summed E-state index contributed by atoms with van der Waals surface area (Å²) in [5.74, 6) is -1.19. The lowest BCUT2D eigenvalue weighted by atomic mass is 10.3. The van der Waals surface area contributed by atoms with Crippen LogP contribution in [0.4, 0.5) is 0 Å². The molecule has 0 aliphatic carbocycles. The van der Waals surface area contributed by atoms with E-state index in [0.717, 1.165) is 6.08 Å². The van der Waals surface area contributed by atoms with Crippen molar-refractivity contribution in [2.75, 3.05) is 20.3 Å². The van der Waals surface area contributed by atoms with Gasteiger partial charge in [-0.2, -0.15) is 0 Å². The summed E-state index contributed by atoms with van der Waals surface area (Å²) in [6.45, 7) is 1.73. The maximum atomic E-state index is 10.9. The van der Waals surface area contributed by atoms with Gasteiger partial charge in [0.15, 0.2) is 5.78 Å². The van der Waals surface area contributed by atoms with Crippen molar-refractivity contribution in [1.29, 1.82) is 0 Å². The Morgan fingerprint density at radius 3 is 2.50 bits per heavy atom. The van der Waals surface area contributed by atoms with E-state index < -0.39 is 5.97 Å². The van der Waals surface area contributed by atoms with E-state index in [-0.39, 0.29) is 24.6 Å². The predicted octanol–water partition coefficient (Wildman–Crippen LogP) is 0.597. The highest BCUT2D eigenvalue weighted by Crippen LogP contribution is 1.98. The largest absolute Gasteiger partial charge is 0.512 e.